The summed E-state index contributed by atoms with van der Waals surface area (Å²) < 4.78 is 5.37. The van der Waals surface area contributed by atoms with Gasteiger partial charge in [-0.3, -0.25) is 0 Å². The summed E-state index contributed by atoms with van der Waals surface area (Å²) in [6.07, 6.45) is 1.90. The minimum atomic E-state index is 0.273. The van der Waals surface area contributed by atoms with Gasteiger partial charge in [0.2, 0.25) is 0 Å². The molecule has 0 aliphatic carbocycles. The van der Waals surface area contributed by atoms with Gasteiger partial charge in [-0.1, -0.05) is 56.3 Å². The third kappa shape index (κ3) is 2.92. The first-order valence-electron chi connectivity index (χ1n) is 6.27. The summed E-state index contributed by atoms with van der Waals surface area (Å²) >= 11 is 0. The molecule has 1 aromatic heterocycles. The summed E-state index contributed by atoms with van der Waals surface area (Å²) in [6, 6.07) is 10.0. The lowest BCUT2D eigenvalue weighted by molar-refractivity contribution is 0.333. The largest absolute Gasteiger partial charge is 0.380 e. The minimum Gasteiger partial charge on any atom is -0.380 e. The molecule has 0 spiro atoms. The van der Waals surface area contributed by atoms with Gasteiger partial charge in [-0.25, -0.2) is 0 Å². The zero-order valence-corrected chi connectivity index (χ0v) is 11.2. The molecule has 3 heteroatoms. The number of benzene rings is 1. The molecule has 0 amide bonds. The third-order valence-electron chi connectivity index (χ3n) is 2.95. The van der Waals surface area contributed by atoms with Crippen molar-refractivity contribution in [2.24, 2.45) is 5.41 Å². The van der Waals surface area contributed by atoms with E-state index >= 15 is 0 Å². The summed E-state index contributed by atoms with van der Waals surface area (Å²) in [5.41, 5.74) is 8.20. The second-order valence-corrected chi connectivity index (χ2v) is 5.79. The maximum atomic E-state index is 5.91. The van der Waals surface area contributed by atoms with Crippen molar-refractivity contribution in [2.45, 2.75) is 33.6 Å². The van der Waals surface area contributed by atoms with Gasteiger partial charge in [-0.15, -0.1) is 0 Å². The van der Waals surface area contributed by atoms with Crippen LogP contribution in [0.1, 0.15) is 33.0 Å². The Balaban J connectivity index is 2.28. The Morgan fingerprint density at radius 2 is 1.83 bits per heavy atom. The number of nitrogen functional groups attached to an aromatic ring is 1. The Kier molecular flexibility index (Phi) is 3.41. The van der Waals surface area contributed by atoms with Gasteiger partial charge in [0, 0.05) is 6.42 Å². The normalized spacial score (nSPS) is 11.7. The molecule has 0 saturated heterocycles. The number of hydrogen-bond acceptors (Lipinski definition) is 3. The molecule has 1 aromatic carbocycles. The first-order chi connectivity index (χ1) is 8.47. The fraction of sp³-hybridized carbons (Fsp3) is 0.400. The van der Waals surface area contributed by atoms with Crippen LogP contribution >= 0.6 is 0 Å². The van der Waals surface area contributed by atoms with Crippen LogP contribution in [0.4, 0.5) is 5.82 Å². The summed E-state index contributed by atoms with van der Waals surface area (Å²) in [6.45, 7) is 6.65. The molecule has 0 aliphatic heterocycles. The van der Waals surface area contributed by atoms with Gasteiger partial charge in [0.15, 0.2) is 5.82 Å². The number of nitrogens with zero attached hydrogens (tertiary/aromatic N) is 1. The molecule has 0 aliphatic rings. The van der Waals surface area contributed by atoms with Crippen molar-refractivity contribution < 1.29 is 4.52 Å². The van der Waals surface area contributed by atoms with E-state index in [9.17, 15) is 0 Å². The van der Waals surface area contributed by atoms with Gasteiger partial charge in [0.05, 0.1) is 5.56 Å². The molecule has 2 N–H and O–H groups in total. The first-order valence-corrected chi connectivity index (χ1v) is 6.27. The molecule has 18 heavy (non-hydrogen) atoms. The van der Waals surface area contributed by atoms with Crippen LogP contribution in [-0.2, 0) is 6.42 Å². The topological polar surface area (TPSA) is 52.0 Å². The molecule has 0 bridgehead atoms. The highest BCUT2D eigenvalue weighted by Gasteiger charge is 2.18. The lowest BCUT2D eigenvalue weighted by Gasteiger charge is -2.16. The molecule has 0 fully saturated rings. The third-order valence-corrected chi connectivity index (χ3v) is 2.95. The Morgan fingerprint density at radius 1 is 1.17 bits per heavy atom. The van der Waals surface area contributed by atoms with Crippen LogP contribution < -0.4 is 5.73 Å². The minimum absolute atomic E-state index is 0.273. The summed E-state index contributed by atoms with van der Waals surface area (Å²) in [7, 11) is 0. The SMILES string of the molecule is CC(C)(C)CCc1onc(N)c1-c1ccccc1. The van der Waals surface area contributed by atoms with Crippen molar-refractivity contribution >= 4 is 5.82 Å². The Morgan fingerprint density at radius 3 is 2.44 bits per heavy atom. The van der Waals surface area contributed by atoms with Gasteiger partial charge in [0.25, 0.3) is 0 Å². The lowest BCUT2D eigenvalue weighted by Crippen LogP contribution is -2.06. The Labute approximate surface area is 108 Å². The van der Waals surface area contributed by atoms with Gasteiger partial charge in [-0.05, 0) is 17.4 Å². The second-order valence-electron chi connectivity index (χ2n) is 5.79. The van der Waals surface area contributed by atoms with Crippen LogP contribution in [0.25, 0.3) is 11.1 Å². The highest BCUT2D eigenvalue weighted by Crippen LogP contribution is 2.32. The Hall–Kier alpha value is -1.77. The fourth-order valence-corrected chi connectivity index (χ4v) is 1.91. The van der Waals surface area contributed by atoms with Crippen LogP contribution in [-0.4, -0.2) is 5.16 Å². The average Bonchev–Trinajstić information content (AvgIpc) is 2.68. The van der Waals surface area contributed by atoms with Gasteiger partial charge < -0.3 is 10.3 Å². The van der Waals surface area contributed by atoms with E-state index in [1.807, 2.05) is 30.3 Å². The molecule has 96 valence electrons. The second kappa shape index (κ2) is 4.84. The summed E-state index contributed by atoms with van der Waals surface area (Å²) in [5, 5.41) is 3.90. The van der Waals surface area contributed by atoms with Crippen LogP contribution in [0.2, 0.25) is 0 Å². The van der Waals surface area contributed by atoms with Crippen LogP contribution in [0, 0.1) is 5.41 Å². The van der Waals surface area contributed by atoms with Crippen molar-refractivity contribution in [3.63, 3.8) is 0 Å². The van der Waals surface area contributed by atoms with Crippen molar-refractivity contribution in [3.8, 4) is 11.1 Å². The van der Waals surface area contributed by atoms with Gasteiger partial charge >= 0.3 is 0 Å². The van der Waals surface area contributed by atoms with E-state index in [1.54, 1.807) is 0 Å². The van der Waals surface area contributed by atoms with E-state index in [-0.39, 0.29) is 5.41 Å². The molecule has 1 heterocycles. The number of aryl methyl sites for hydroxylation is 1. The van der Waals surface area contributed by atoms with E-state index in [0.29, 0.717) is 5.82 Å². The monoisotopic (exact) mass is 244 g/mol. The standard InChI is InChI=1S/C15H20N2O/c1-15(2,3)10-9-12-13(14(16)17-18-12)11-7-5-4-6-8-11/h4-8H,9-10H2,1-3H3,(H2,16,17). The average molecular weight is 244 g/mol. The molecule has 2 rings (SSSR count). The maximum Gasteiger partial charge on any atom is 0.175 e. The van der Waals surface area contributed by atoms with Crippen LogP contribution in [0.15, 0.2) is 34.9 Å². The highest BCUT2D eigenvalue weighted by atomic mass is 16.5. The van der Waals surface area contributed by atoms with Crippen LogP contribution in [0.5, 0.6) is 0 Å². The highest BCUT2D eigenvalue weighted by molar-refractivity contribution is 5.75. The van der Waals surface area contributed by atoms with E-state index in [2.05, 4.69) is 25.9 Å². The molecule has 3 nitrogen and oxygen atoms in total. The number of rotatable bonds is 3. The summed E-state index contributed by atoms with van der Waals surface area (Å²) in [5.74, 6) is 1.36. The van der Waals surface area contributed by atoms with Crippen molar-refractivity contribution in [1.29, 1.82) is 0 Å². The van der Waals surface area contributed by atoms with E-state index < -0.39 is 0 Å². The smallest absolute Gasteiger partial charge is 0.175 e. The zero-order chi connectivity index (χ0) is 13.2. The van der Waals surface area contributed by atoms with E-state index in [4.69, 9.17) is 10.3 Å². The Bertz CT molecular complexity index is 509. The van der Waals surface area contributed by atoms with Crippen molar-refractivity contribution in [2.75, 3.05) is 5.73 Å². The molecular formula is C15H20N2O. The number of hydrogen-bond donors (Lipinski definition) is 1. The first kappa shape index (κ1) is 12.7. The van der Waals surface area contributed by atoms with E-state index in [0.717, 1.165) is 29.7 Å². The van der Waals surface area contributed by atoms with Crippen molar-refractivity contribution in [1.82, 2.24) is 5.16 Å². The number of aromatic nitrogens is 1. The number of nitrogens with two attached hydrogens (primary N) is 1. The molecule has 2 aromatic rings. The zero-order valence-electron chi connectivity index (χ0n) is 11.2. The van der Waals surface area contributed by atoms with E-state index in [1.165, 1.54) is 0 Å². The molecule has 0 radical (unpaired) electrons. The maximum absolute atomic E-state index is 5.91. The molecule has 0 atom stereocenters. The predicted octanol–water partition coefficient (Wildman–Crippen LogP) is 3.90. The predicted molar refractivity (Wildman–Crippen MR) is 74.1 cm³/mol. The quantitative estimate of drug-likeness (QED) is 0.890. The van der Waals surface area contributed by atoms with Crippen molar-refractivity contribution in [3.05, 3.63) is 36.1 Å². The van der Waals surface area contributed by atoms with Gasteiger partial charge in [0.1, 0.15) is 5.76 Å². The molecule has 0 unspecified atom stereocenters. The number of anilines is 1. The fourth-order valence-electron chi connectivity index (χ4n) is 1.91. The molecule has 0 saturated carbocycles. The van der Waals surface area contributed by atoms with Gasteiger partial charge in [-0.2, -0.15) is 0 Å². The lowest BCUT2D eigenvalue weighted by atomic mass is 9.89. The summed E-state index contributed by atoms with van der Waals surface area (Å²) in [4.78, 5) is 0. The van der Waals surface area contributed by atoms with Crippen LogP contribution in [0.3, 0.4) is 0 Å². The molecular weight excluding hydrogens is 224 g/mol.